The van der Waals surface area contributed by atoms with Crippen molar-refractivity contribution < 1.29 is 35.9 Å². The smallest absolute Gasteiger partial charge is 0.453 e. The zero-order valence-electron chi connectivity index (χ0n) is 36.6. The minimum atomic E-state index is -5.45. The molecule has 3 saturated carbocycles. The highest BCUT2D eigenvalue weighted by Crippen LogP contribution is 2.78. The van der Waals surface area contributed by atoms with E-state index >= 15 is 0 Å². The van der Waals surface area contributed by atoms with Crippen LogP contribution in [0.1, 0.15) is 173 Å². The van der Waals surface area contributed by atoms with Gasteiger partial charge in [0.25, 0.3) is 0 Å². The standard InChI is InChI=1S/C47H74ClF5O3SSi/c1-32(2)43(3,4)58(6,7)56-39-31-38-41-35(22-24-44(38,5)45(39)25-26-45)34-21-20-33(55-40-19-14-15-27-54-40)30-37(34)42(48)36(41)18-13-11-9-8-10-12-16-28-57-29-17-23-46(49,50)47(51,52)53/h20-21,30,32,35-36,38-42H,8-19,22-29,31H2,1-7H3/t35?,36-,38?,39+,40?,41?,42?,44-/m0/s1. The molecule has 5 unspecified atom stereocenters. The van der Waals surface area contributed by atoms with E-state index in [4.69, 9.17) is 25.5 Å². The molecule has 4 fully saturated rings. The van der Waals surface area contributed by atoms with E-state index in [1.54, 1.807) is 0 Å². The van der Waals surface area contributed by atoms with Gasteiger partial charge in [-0.1, -0.05) is 79.2 Å². The van der Waals surface area contributed by atoms with Gasteiger partial charge >= 0.3 is 12.1 Å². The van der Waals surface area contributed by atoms with Gasteiger partial charge in [-0.15, -0.1) is 11.6 Å². The molecule has 58 heavy (non-hydrogen) atoms. The first kappa shape index (κ1) is 46.9. The Morgan fingerprint density at radius 2 is 1.57 bits per heavy atom. The summed E-state index contributed by atoms with van der Waals surface area (Å²) in [7, 11) is -2.03. The van der Waals surface area contributed by atoms with Crippen molar-refractivity contribution in [3.05, 3.63) is 29.3 Å². The number of fused-ring (bicyclic) bond motifs is 6. The third-order valence-corrected chi connectivity index (χ3v) is 23.0. The summed E-state index contributed by atoms with van der Waals surface area (Å²) in [5.41, 5.74) is 3.29. The number of hydrogen-bond donors (Lipinski definition) is 0. The van der Waals surface area contributed by atoms with Crippen LogP contribution in [0.3, 0.4) is 0 Å². The number of halogens is 6. The molecule has 0 bridgehead atoms. The van der Waals surface area contributed by atoms with Gasteiger partial charge in [-0.2, -0.15) is 33.7 Å². The summed E-state index contributed by atoms with van der Waals surface area (Å²) in [5.74, 6) is 0.0324. The first-order chi connectivity index (χ1) is 27.3. The number of benzene rings is 1. The van der Waals surface area contributed by atoms with Crippen molar-refractivity contribution in [3.63, 3.8) is 0 Å². The van der Waals surface area contributed by atoms with E-state index in [1.807, 2.05) is 0 Å². The second-order valence-corrected chi connectivity index (χ2v) is 26.8. The molecule has 0 aromatic heterocycles. The minimum absolute atomic E-state index is 0.0626. The molecule has 1 aromatic carbocycles. The van der Waals surface area contributed by atoms with Crippen LogP contribution >= 0.6 is 23.4 Å². The molecular formula is C47H74ClF5O3SSi. The average Bonchev–Trinajstić information content (AvgIpc) is 3.94. The third-order valence-electron chi connectivity index (χ3n) is 16.7. The lowest BCUT2D eigenvalue weighted by Gasteiger charge is -2.55. The van der Waals surface area contributed by atoms with Crippen LogP contribution in [0.5, 0.6) is 5.75 Å². The highest BCUT2D eigenvalue weighted by Gasteiger charge is 2.73. The maximum absolute atomic E-state index is 13.1. The molecule has 0 N–H and O–H groups in total. The molecule has 8 atom stereocenters. The highest BCUT2D eigenvalue weighted by atomic mass is 35.5. The largest absolute Gasteiger partial charge is 0.465 e. The van der Waals surface area contributed by atoms with Gasteiger partial charge in [-0.3, -0.25) is 0 Å². The van der Waals surface area contributed by atoms with E-state index in [1.165, 1.54) is 61.4 Å². The summed E-state index contributed by atoms with van der Waals surface area (Å²) in [5, 5.41) is 0.118. The van der Waals surface area contributed by atoms with E-state index in [-0.39, 0.29) is 28.5 Å². The quantitative estimate of drug-likeness (QED) is 0.0565. The van der Waals surface area contributed by atoms with Crippen molar-refractivity contribution in [1.29, 1.82) is 0 Å². The average molecular weight is 878 g/mol. The van der Waals surface area contributed by atoms with Crippen molar-refractivity contribution in [2.24, 2.45) is 34.5 Å². The van der Waals surface area contributed by atoms with Crippen molar-refractivity contribution in [2.75, 3.05) is 18.1 Å². The van der Waals surface area contributed by atoms with E-state index in [2.05, 4.69) is 65.9 Å². The molecule has 5 aliphatic rings. The molecule has 11 heteroatoms. The van der Waals surface area contributed by atoms with Gasteiger partial charge in [0, 0.05) is 18.3 Å². The first-order valence-electron chi connectivity index (χ1n) is 23.0. The molecule has 1 aliphatic heterocycles. The lowest BCUT2D eigenvalue weighted by atomic mass is 9.50. The SMILES string of the molecule is CC(C)C(C)(C)[Si](C)(C)O[C@@H]1CC2C3C(CC[C@]2(C)C12CC2)c1ccc(OC2CCCCO2)cc1C(Cl)[C@H]3CCCCCCCCCSCCCC(F)(F)C(F)(F)F. The summed E-state index contributed by atoms with van der Waals surface area (Å²) in [6.07, 6.45) is 11.8. The molecule has 1 spiro atoms. The maximum Gasteiger partial charge on any atom is 0.453 e. The predicted molar refractivity (Wildman–Crippen MR) is 232 cm³/mol. The van der Waals surface area contributed by atoms with E-state index in [0.717, 1.165) is 82.3 Å². The van der Waals surface area contributed by atoms with Crippen LogP contribution in [0.2, 0.25) is 18.1 Å². The number of alkyl halides is 6. The summed E-state index contributed by atoms with van der Waals surface area (Å²) in [6.45, 7) is 18.0. The number of thioether (sulfide) groups is 1. The van der Waals surface area contributed by atoms with E-state index < -0.39 is 26.8 Å². The van der Waals surface area contributed by atoms with Gasteiger partial charge in [0.1, 0.15) is 5.75 Å². The Kier molecular flexibility index (Phi) is 15.1. The Hall–Kier alpha value is -0.553. The van der Waals surface area contributed by atoms with E-state index in [0.29, 0.717) is 46.9 Å². The van der Waals surface area contributed by atoms with Crippen LogP contribution in [0.4, 0.5) is 22.0 Å². The molecule has 6 rings (SSSR count). The van der Waals surface area contributed by atoms with Crippen LogP contribution < -0.4 is 4.74 Å². The summed E-state index contributed by atoms with van der Waals surface area (Å²) in [4.78, 5) is 0. The van der Waals surface area contributed by atoms with E-state index in [9.17, 15) is 22.0 Å². The molecule has 4 aliphatic carbocycles. The Morgan fingerprint density at radius 1 is 0.897 bits per heavy atom. The second-order valence-electron chi connectivity index (χ2n) is 20.6. The van der Waals surface area contributed by atoms with Gasteiger partial charge in [-0.05, 0) is 152 Å². The minimum Gasteiger partial charge on any atom is -0.465 e. The fourth-order valence-corrected chi connectivity index (χ4v) is 16.0. The van der Waals surface area contributed by atoms with Gasteiger partial charge in [0.2, 0.25) is 0 Å². The monoisotopic (exact) mass is 876 g/mol. The molecule has 0 amide bonds. The molecule has 0 radical (unpaired) electrons. The van der Waals surface area contributed by atoms with Crippen LogP contribution in [-0.4, -0.2) is 50.9 Å². The number of unbranched alkanes of at least 4 members (excludes halogenated alkanes) is 6. The molecular weight excluding hydrogens is 803 g/mol. The zero-order chi connectivity index (χ0) is 42.1. The Labute approximate surface area is 357 Å². The van der Waals surface area contributed by atoms with Crippen molar-refractivity contribution in [1.82, 2.24) is 0 Å². The van der Waals surface area contributed by atoms with Gasteiger partial charge < -0.3 is 13.9 Å². The first-order valence-corrected chi connectivity index (χ1v) is 27.5. The Bertz CT molecular complexity index is 1500. The molecule has 1 saturated heterocycles. The fourth-order valence-electron chi connectivity index (χ4n) is 11.8. The summed E-state index contributed by atoms with van der Waals surface area (Å²) >= 11 is 9.28. The molecule has 1 heterocycles. The predicted octanol–water partition coefficient (Wildman–Crippen LogP) is 15.7. The van der Waals surface area contributed by atoms with Crippen LogP contribution in [-0.2, 0) is 9.16 Å². The number of hydrogen-bond acceptors (Lipinski definition) is 4. The maximum atomic E-state index is 13.1. The van der Waals surface area contributed by atoms with Gasteiger partial charge in [0.05, 0.1) is 18.1 Å². The fraction of sp³-hybridized carbons (Fsp3) is 0.872. The topological polar surface area (TPSA) is 27.7 Å². The molecule has 332 valence electrons. The van der Waals surface area contributed by atoms with Crippen LogP contribution in [0.25, 0.3) is 0 Å². The normalized spacial score (nSPS) is 31.0. The number of rotatable bonds is 20. The van der Waals surface area contributed by atoms with Crippen LogP contribution in [0, 0.1) is 34.5 Å². The molecule has 1 aromatic rings. The summed E-state index contributed by atoms with van der Waals surface area (Å²) in [6, 6.07) is 6.78. The highest BCUT2D eigenvalue weighted by molar-refractivity contribution is 7.99. The molecule has 3 nitrogen and oxygen atoms in total. The number of ether oxygens (including phenoxy) is 2. The van der Waals surface area contributed by atoms with Gasteiger partial charge in [-0.25, -0.2) is 0 Å². The summed E-state index contributed by atoms with van der Waals surface area (Å²) < 4.78 is 83.4. The van der Waals surface area contributed by atoms with Gasteiger partial charge in [0.15, 0.2) is 14.6 Å². The lowest BCUT2D eigenvalue weighted by molar-refractivity contribution is -0.284. The Morgan fingerprint density at radius 3 is 2.21 bits per heavy atom. The van der Waals surface area contributed by atoms with Crippen molar-refractivity contribution >= 4 is 31.7 Å². The Balaban J connectivity index is 1.08. The lowest BCUT2D eigenvalue weighted by Crippen LogP contribution is -2.50. The van der Waals surface area contributed by atoms with Crippen molar-refractivity contribution in [3.8, 4) is 5.75 Å². The zero-order valence-corrected chi connectivity index (χ0v) is 39.2. The van der Waals surface area contributed by atoms with Crippen molar-refractivity contribution in [2.45, 2.75) is 204 Å². The second kappa shape index (κ2) is 18.7. The van der Waals surface area contributed by atoms with Crippen LogP contribution in [0.15, 0.2) is 18.2 Å². The third kappa shape index (κ3) is 9.66.